The van der Waals surface area contributed by atoms with E-state index in [9.17, 15) is 4.79 Å². The number of carbonyl (C=O) groups excluding carboxylic acids is 1. The maximum Gasteiger partial charge on any atom is 0.163 e. The second-order valence-corrected chi connectivity index (χ2v) is 3.31. The van der Waals surface area contributed by atoms with Crippen molar-refractivity contribution >= 4 is 11.5 Å². The zero-order valence-electron chi connectivity index (χ0n) is 7.60. The van der Waals surface area contributed by atoms with Crippen molar-refractivity contribution in [3.05, 3.63) is 39.8 Å². The van der Waals surface area contributed by atoms with Crippen LogP contribution in [0.25, 0.3) is 10.4 Å². The minimum absolute atomic E-state index is 0.154. The molecule has 1 aromatic rings. The van der Waals surface area contributed by atoms with E-state index in [1.807, 2.05) is 6.07 Å². The van der Waals surface area contributed by atoms with Crippen molar-refractivity contribution in [2.45, 2.75) is 19.3 Å². The van der Waals surface area contributed by atoms with Gasteiger partial charge in [0.25, 0.3) is 0 Å². The van der Waals surface area contributed by atoms with Gasteiger partial charge in [0, 0.05) is 22.6 Å². The number of ketones is 1. The van der Waals surface area contributed by atoms with E-state index in [0.717, 1.165) is 24.0 Å². The Labute approximate surface area is 81.2 Å². The van der Waals surface area contributed by atoms with Gasteiger partial charge in [-0.15, -0.1) is 0 Å². The van der Waals surface area contributed by atoms with Gasteiger partial charge in [-0.1, -0.05) is 17.2 Å². The molecule has 0 unspecified atom stereocenters. The summed E-state index contributed by atoms with van der Waals surface area (Å²) in [6, 6.07) is 5.30. The van der Waals surface area contributed by atoms with Crippen molar-refractivity contribution in [2.75, 3.05) is 0 Å². The standard InChI is InChI=1S/C10H9N3O/c11-13-12-8-5-4-7-2-1-3-10(14)9(7)6-8/h4-6H,1-3H2. The highest BCUT2D eigenvalue weighted by Crippen LogP contribution is 2.25. The first-order chi connectivity index (χ1) is 6.81. The molecule has 0 radical (unpaired) electrons. The molecule has 0 saturated heterocycles. The largest absolute Gasteiger partial charge is 0.294 e. The smallest absolute Gasteiger partial charge is 0.163 e. The minimum atomic E-state index is 0.154. The van der Waals surface area contributed by atoms with E-state index in [1.54, 1.807) is 12.1 Å². The van der Waals surface area contributed by atoms with E-state index in [-0.39, 0.29) is 5.78 Å². The molecule has 4 heteroatoms. The van der Waals surface area contributed by atoms with E-state index in [1.165, 1.54) is 0 Å². The van der Waals surface area contributed by atoms with Crippen LogP contribution in [0.4, 0.5) is 5.69 Å². The van der Waals surface area contributed by atoms with Gasteiger partial charge in [0.2, 0.25) is 0 Å². The molecule has 14 heavy (non-hydrogen) atoms. The first-order valence-corrected chi connectivity index (χ1v) is 4.52. The number of carbonyl (C=O) groups is 1. The van der Waals surface area contributed by atoms with Gasteiger partial charge < -0.3 is 0 Å². The second kappa shape index (κ2) is 3.52. The molecule has 0 saturated carbocycles. The van der Waals surface area contributed by atoms with Gasteiger partial charge in [0.15, 0.2) is 5.78 Å². The highest BCUT2D eigenvalue weighted by atomic mass is 16.1. The lowest BCUT2D eigenvalue weighted by Crippen LogP contribution is -2.09. The number of azide groups is 1. The Morgan fingerprint density at radius 1 is 1.36 bits per heavy atom. The Morgan fingerprint density at radius 3 is 3.00 bits per heavy atom. The third kappa shape index (κ3) is 1.47. The Hall–Kier alpha value is -1.80. The normalized spacial score (nSPS) is 14.4. The maximum absolute atomic E-state index is 11.5. The molecule has 1 aliphatic rings. The van der Waals surface area contributed by atoms with Gasteiger partial charge in [-0.3, -0.25) is 4.79 Å². The van der Waals surface area contributed by atoms with Crippen LogP contribution < -0.4 is 0 Å². The molecule has 0 fully saturated rings. The number of hydrogen-bond donors (Lipinski definition) is 0. The van der Waals surface area contributed by atoms with Crippen molar-refractivity contribution in [3.63, 3.8) is 0 Å². The van der Waals surface area contributed by atoms with Crippen LogP contribution >= 0.6 is 0 Å². The van der Waals surface area contributed by atoms with Gasteiger partial charge >= 0.3 is 0 Å². The lowest BCUT2D eigenvalue weighted by molar-refractivity contribution is 0.0972. The molecule has 0 bridgehead atoms. The number of Topliss-reactive ketones (excluding diaryl/α,β-unsaturated/α-hetero) is 1. The summed E-state index contributed by atoms with van der Waals surface area (Å²) in [7, 11) is 0. The number of nitrogens with zero attached hydrogens (tertiary/aromatic N) is 3. The molecule has 2 rings (SSSR count). The van der Waals surface area contributed by atoms with Crippen LogP contribution in [0, 0.1) is 0 Å². The molecule has 0 aromatic heterocycles. The molecular formula is C10H9N3O. The van der Waals surface area contributed by atoms with Crippen molar-refractivity contribution < 1.29 is 4.79 Å². The third-order valence-corrected chi connectivity index (χ3v) is 2.40. The Balaban J connectivity index is 2.50. The SMILES string of the molecule is [N-]=[N+]=Nc1ccc2c(c1)C(=O)CCC2. The van der Waals surface area contributed by atoms with E-state index in [0.29, 0.717) is 12.1 Å². The monoisotopic (exact) mass is 187 g/mol. The molecule has 0 aliphatic heterocycles. The number of aryl methyl sites for hydroxylation is 1. The van der Waals surface area contributed by atoms with E-state index in [4.69, 9.17) is 5.53 Å². The zero-order valence-corrected chi connectivity index (χ0v) is 7.60. The van der Waals surface area contributed by atoms with Crippen LogP contribution in [0.15, 0.2) is 23.3 Å². The first kappa shape index (κ1) is 8.78. The van der Waals surface area contributed by atoms with Crippen LogP contribution in [0.2, 0.25) is 0 Å². The van der Waals surface area contributed by atoms with Gasteiger partial charge in [-0.2, -0.15) is 0 Å². The molecule has 70 valence electrons. The number of fused-ring (bicyclic) bond motifs is 1. The maximum atomic E-state index is 11.5. The summed E-state index contributed by atoms with van der Waals surface area (Å²) in [6.45, 7) is 0. The van der Waals surface area contributed by atoms with Crippen LogP contribution in [0.3, 0.4) is 0 Å². The fraction of sp³-hybridized carbons (Fsp3) is 0.300. The summed E-state index contributed by atoms with van der Waals surface area (Å²) in [5.74, 6) is 0.154. The van der Waals surface area contributed by atoms with Crippen molar-refractivity contribution in [2.24, 2.45) is 5.11 Å². The fourth-order valence-corrected chi connectivity index (χ4v) is 1.73. The molecule has 0 heterocycles. The van der Waals surface area contributed by atoms with Crippen LogP contribution in [-0.4, -0.2) is 5.78 Å². The minimum Gasteiger partial charge on any atom is -0.294 e. The molecule has 0 atom stereocenters. The molecular weight excluding hydrogens is 178 g/mol. The van der Waals surface area contributed by atoms with Crippen LogP contribution in [0.5, 0.6) is 0 Å². The highest BCUT2D eigenvalue weighted by Gasteiger charge is 2.16. The van der Waals surface area contributed by atoms with Gasteiger partial charge in [0.1, 0.15) is 0 Å². The molecule has 0 spiro atoms. The first-order valence-electron chi connectivity index (χ1n) is 4.52. The fourth-order valence-electron chi connectivity index (χ4n) is 1.73. The molecule has 4 nitrogen and oxygen atoms in total. The summed E-state index contributed by atoms with van der Waals surface area (Å²) in [5, 5.41) is 3.48. The highest BCUT2D eigenvalue weighted by molar-refractivity contribution is 5.99. The predicted molar refractivity (Wildman–Crippen MR) is 52.5 cm³/mol. The molecule has 1 aliphatic carbocycles. The lowest BCUT2D eigenvalue weighted by atomic mass is 9.90. The quantitative estimate of drug-likeness (QED) is 0.378. The molecule has 0 N–H and O–H groups in total. The molecule has 0 amide bonds. The van der Waals surface area contributed by atoms with Gasteiger partial charge in [-0.25, -0.2) is 0 Å². The summed E-state index contributed by atoms with van der Waals surface area (Å²) in [4.78, 5) is 14.2. The van der Waals surface area contributed by atoms with Gasteiger partial charge in [-0.05, 0) is 30.0 Å². The lowest BCUT2D eigenvalue weighted by Gasteiger charge is -2.14. The van der Waals surface area contributed by atoms with Gasteiger partial charge in [0.05, 0.1) is 0 Å². The summed E-state index contributed by atoms with van der Waals surface area (Å²) < 4.78 is 0. The van der Waals surface area contributed by atoms with Crippen molar-refractivity contribution in [1.29, 1.82) is 0 Å². The summed E-state index contributed by atoms with van der Waals surface area (Å²) in [6.07, 6.45) is 2.47. The summed E-state index contributed by atoms with van der Waals surface area (Å²) >= 11 is 0. The van der Waals surface area contributed by atoms with E-state index in [2.05, 4.69) is 10.0 Å². The Bertz CT molecular complexity index is 433. The summed E-state index contributed by atoms with van der Waals surface area (Å²) in [5.41, 5.74) is 10.6. The average molecular weight is 187 g/mol. The number of rotatable bonds is 1. The average Bonchev–Trinajstić information content (AvgIpc) is 2.20. The Kier molecular flexibility index (Phi) is 2.21. The number of benzene rings is 1. The van der Waals surface area contributed by atoms with Crippen LogP contribution in [-0.2, 0) is 6.42 Å². The van der Waals surface area contributed by atoms with Crippen molar-refractivity contribution in [1.82, 2.24) is 0 Å². The van der Waals surface area contributed by atoms with E-state index < -0.39 is 0 Å². The molecule has 1 aromatic carbocycles. The van der Waals surface area contributed by atoms with E-state index >= 15 is 0 Å². The van der Waals surface area contributed by atoms with Crippen molar-refractivity contribution in [3.8, 4) is 0 Å². The topological polar surface area (TPSA) is 65.8 Å². The second-order valence-electron chi connectivity index (χ2n) is 3.31. The Morgan fingerprint density at radius 2 is 2.21 bits per heavy atom. The van der Waals surface area contributed by atoms with Crippen LogP contribution in [0.1, 0.15) is 28.8 Å². The number of hydrogen-bond acceptors (Lipinski definition) is 2. The predicted octanol–water partition coefficient (Wildman–Crippen LogP) is 3.15. The third-order valence-electron chi connectivity index (χ3n) is 2.40. The zero-order chi connectivity index (χ0) is 9.97.